The van der Waals surface area contributed by atoms with Gasteiger partial charge in [-0.05, 0) is 76.0 Å². The van der Waals surface area contributed by atoms with Gasteiger partial charge in [-0.15, -0.1) is 0 Å². The van der Waals surface area contributed by atoms with E-state index in [0.717, 1.165) is 37.5 Å². The third-order valence-corrected chi connectivity index (χ3v) is 7.00. The first kappa shape index (κ1) is 19.6. The topological polar surface area (TPSA) is 59.3 Å². The first-order valence-corrected chi connectivity index (χ1v) is 10.4. The summed E-state index contributed by atoms with van der Waals surface area (Å²) in [6.45, 7) is 0. The summed E-state index contributed by atoms with van der Waals surface area (Å²) in [6, 6.07) is 2.01. The molecule has 3 saturated carbocycles. The molecule has 3 aliphatic carbocycles. The molecule has 3 rings (SSSR count). The van der Waals surface area contributed by atoms with Crippen LogP contribution in [-0.2, 0) is 14.3 Å². The van der Waals surface area contributed by atoms with Gasteiger partial charge in [0.2, 0.25) is 0 Å². The Morgan fingerprint density at radius 3 is 2.04 bits per heavy atom. The molecule has 0 heterocycles. The van der Waals surface area contributed by atoms with Gasteiger partial charge < -0.3 is 9.47 Å². The molecule has 0 bridgehead atoms. The molecule has 4 nitrogen and oxygen atoms in total. The molecule has 146 valence electrons. The van der Waals surface area contributed by atoms with Crippen LogP contribution in [0.5, 0.6) is 0 Å². The number of esters is 1. The zero-order chi connectivity index (χ0) is 18.5. The standard InChI is InChI=1S/C21H32FNO3/c1-25-18-9-6-15(7-10-18)14-2-4-16(5-3-14)21(24)26-19-11-8-17(13-23)20(22)12-19/h14-20H,2-12H2,1H3. The number of hydrogen-bond acceptors (Lipinski definition) is 4. The lowest BCUT2D eigenvalue weighted by Gasteiger charge is -2.37. The summed E-state index contributed by atoms with van der Waals surface area (Å²) in [4.78, 5) is 12.5. The molecular formula is C21H32FNO3. The number of methoxy groups -OCH3 is 1. The van der Waals surface area contributed by atoms with Gasteiger partial charge >= 0.3 is 5.97 Å². The van der Waals surface area contributed by atoms with Crippen LogP contribution in [0.1, 0.15) is 70.6 Å². The molecule has 5 heteroatoms. The Hall–Kier alpha value is -1.15. The minimum absolute atomic E-state index is 0.0201. The fourth-order valence-corrected chi connectivity index (χ4v) is 5.21. The SMILES string of the molecule is COC1CCC(C2CCC(C(=O)OC3CCC(C#N)C(F)C3)CC2)CC1. The Morgan fingerprint density at radius 1 is 0.923 bits per heavy atom. The number of ether oxygens (including phenoxy) is 2. The summed E-state index contributed by atoms with van der Waals surface area (Å²) in [5, 5.41) is 8.89. The number of carbonyl (C=O) groups is 1. The molecule has 0 aromatic rings. The van der Waals surface area contributed by atoms with Crippen molar-refractivity contribution in [2.24, 2.45) is 23.7 Å². The zero-order valence-electron chi connectivity index (χ0n) is 15.9. The van der Waals surface area contributed by atoms with Gasteiger partial charge in [-0.25, -0.2) is 4.39 Å². The van der Waals surface area contributed by atoms with Crippen molar-refractivity contribution in [1.82, 2.24) is 0 Å². The predicted octanol–water partition coefficient (Wildman–Crippen LogP) is 4.57. The van der Waals surface area contributed by atoms with Gasteiger partial charge in [0, 0.05) is 13.5 Å². The lowest BCUT2D eigenvalue weighted by Crippen LogP contribution is -2.35. The van der Waals surface area contributed by atoms with Crippen LogP contribution in [0.25, 0.3) is 0 Å². The van der Waals surface area contributed by atoms with E-state index in [9.17, 15) is 9.18 Å². The van der Waals surface area contributed by atoms with Crippen LogP contribution in [0, 0.1) is 35.0 Å². The smallest absolute Gasteiger partial charge is 0.309 e. The molecule has 0 N–H and O–H groups in total. The summed E-state index contributed by atoms with van der Waals surface area (Å²) in [5.74, 6) is 0.825. The van der Waals surface area contributed by atoms with Gasteiger partial charge in [0.05, 0.1) is 24.0 Å². The van der Waals surface area contributed by atoms with Gasteiger partial charge in [0.25, 0.3) is 0 Å². The van der Waals surface area contributed by atoms with E-state index in [-0.39, 0.29) is 24.4 Å². The van der Waals surface area contributed by atoms with E-state index < -0.39 is 12.1 Å². The largest absolute Gasteiger partial charge is 0.462 e. The molecule has 3 fully saturated rings. The fraction of sp³-hybridized carbons (Fsp3) is 0.905. The Labute approximate surface area is 156 Å². The summed E-state index contributed by atoms with van der Waals surface area (Å²) in [5.41, 5.74) is 0. The van der Waals surface area contributed by atoms with E-state index in [1.807, 2.05) is 6.07 Å². The van der Waals surface area contributed by atoms with Crippen LogP contribution in [0.4, 0.5) is 4.39 Å². The van der Waals surface area contributed by atoms with E-state index in [1.165, 1.54) is 25.7 Å². The summed E-state index contributed by atoms with van der Waals surface area (Å²) >= 11 is 0. The first-order valence-electron chi connectivity index (χ1n) is 10.4. The second-order valence-electron chi connectivity index (χ2n) is 8.51. The average Bonchev–Trinajstić information content (AvgIpc) is 2.68. The summed E-state index contributed by atoms with van der Waals surface area (Å²) < 4.78 is 24.9. The van der Waals surface area contributed by atoms with Crippen molar-refractivity contribution in [2.45, 2.75) is 89.0 Å². The second-order valence-corrected chi connectivity index (χ2v) is 8.51. The summed E-state index contributed by atoms with van der Waals surface area (Å²) in [6.07, 6.45) is 9.07. The minimum atomic E-state index is -1.16. The van der Waals surface area contributed by atoms with E-state index in [2.05, 4.69) is 0 Å². The molecule has 0 radical (unpaired) electrons. The van der Waals surface area contributed by atoms with Crippen molar-refractivity contribution >= 4 is 5.97 Å². The molecule has 0 spiro atoms. The molecule has 0 amide bonds. The molecule has 3 unspecified atom stereocenters. The monoisotopic (exact) mass is 365 g/mol. The average molecular weight is 365 g/mol. The van der Waals surface area contributed by atoms with Crippen LogP contribution in [0.15, 0.2) is 0 Å². The third-order valence-electron chi connectivity index (χ3n) is 7.00. The van der Waals surface area contributed by atoms with Crippen LogP contribution < -0.4 is 0 Å². The van der Waals surface area contributed by atoms with Gasteiger partial charge in [0.1, 0.15) is 12.3 Å². The number of halogens is 1. The Morgan fingerprint density at radius 2 is 1.50 bits per heavy atom. The highest BCUT2D eigenvalue weighted by molar-refractivity contribution is 5.72. The molecule has 26 heavy (non-hydrogen) atoms. The van der Waals surface area contributed by atoms with Crippen LogP contribution in [-0.4, -0.2) is 31.5 Å². The maximum atomic E-state index is 13.9. The molecule has 3 atom stereocenters. The van der Waals surface area contributed by atoms with E-state index in [0.29, 0.717) is 18.9 Å². The van der Waals surface area contributed by atoms with E-state index in [4.69, 9.17) is 14.7 Å². The maximum absolute atomic E-state index is 13.9. The predicted molar refractivity (Wildman–Crippen MR) is 95.9 cm³/mol. The minimum Gasteiger partial charge on any atom is -0.462 e. The highest BCUT2D eigenvalue weighted by Crippen LogP contribution is 2.41. The third kappa shape index (κ3) is 4.76. The Kier molecular flexibility index (Phi) is 6.92. The molecule has 0 saturated heterocycles. The molecule has 3 aliphatic rings. The van der Waals surface area contributed by atoms with E-state index in [1.54, 1.807) is 7.11 Å². The van der Waals surface area contributed by atoms with Crippen LogP contribution >= 0.6 is 0 Å². The summed E-state index contributed by atoms with van der Waals surface area (Å²) in [7, 11) is 1.81. The molecular weight excluding hydrogens is 333 g/mol. The van der Waals surface area contributed by atoms with E-state index >= 15 is 0 Å². The normalized spacial score (nSPS) is 41.2. The second kappa shape index (κ2) is 9.17. The van der Waals surface area contributed by atoms with Crippen LogP contribution in [0.3, 0.4) is 0 Å². The van der Waals surface area contributed by atoms with Gasteiger partial charge in [0.15, 0.2) is 0 Å². The van der Waals surface area contributed by atoms with Gasteiger partial charge in [-0.2, -0.15) is 5.26 Å². The Balaban J connectivity index is 1.39. The number of rotatable bonds is 4. The van der Waals surface area contributed by atoms with Gasteiger partial charge in [-0.1, -0.05) is 0 Å². The number of hydrogen-bond donors (Lipinski definition) is 0. The quantitative estimate of drug-likeness (QED) is 0.685. The number of nitriles is 1. The first-order chi connectivity index (χ1) is 12.6. The number of carbonyl (C=O) groups excluding carboxylic acids is 1. The number of nitrogens with zero attached hydrogens (tertiary/aromatic N) is 1. The highest BCUT2D eigenvalue weighted by atomic mass is 19.1. The lowest BCUT2D eigenvalue weighted by atomic mass is 9.70. The van der Waals surface area contributed by atoms with Crippen molar-refractivity contribution < 1.29 is 18.7 Å². The fourth-order valence-electron chi connectivity index (χ4n) is 5.21. The van der Waals surface area contributed by atoms with Crippen molar-refractivity contribution in [3.05, 3.63) is 0 Å². The van der Waals surface area contributed by atoms with Crippen LogP contribution in [0.2, 0.25) is 0 Å². The van der Waals surface area contributed by atoms with Gasteiger partial charge in [-0.3, -0.25) is 4.79 Å². The lowest BCUT2D eigenvalue weighted by molar-refractivity contribution is -0.158. The van der Waals surface area contributed by atoms with Crippen molar-refractivity contribution in [3.63, 3.8) is 0 Å². The Bertz CT molecular complexity index is 504. The van der Waals surface area contributed by atoms with Crippen molar-refractivity contribution in [2.75, 3.05) is 7.11 Å². The van der Waals surface area contributed by atoms with Crippen molar-refractivity contribution in [3.8, 4) is 6.07 Å². The molecule has 0 aliphatic heterocycles. The molecule has 0 aromatic heterocycles. The zero-order valence-corrected chi connectivity index (χ0v) is 15.9. The molecule has 0 aromatic carbocycles. The van der Waals surface area contributed by atoms with Crippen molar-refractivity contribution in [1.29, 1.82) is 5.26 Å². The number of alkyl halides is 1. The highest BCUT2D eigenvalue weighted by Gasteiger charge is 2.36. The maximum Gasteiger partial charge on any atom is 0.309 e.